The van der Waals surface area contributed by atoms with E-state index in [0.29, 0.717) is 61.2 Å². The van der Waals surface area contributed by atoms with Crippen molar-refractivity contribution in [2.24, 2.45) is 0 Å². The van der Waals surface area contributed by atoms with E-state index in [2.05, 4.69) is 27.0 Å². The van der Waals surface area contributed by atoms with E-state index in [-0.39, 0.29) is 18.6 Å². The van der Waals surface area contributed by atoms with Crippen molar-refractivity contribution in [2.75, 3.05) is 13.2 Å². The Bertz CT molecular complexity index is 921. The van der Waals surface area contributed by atoms with Crippen LogP contribution in [-0.2, 0) is 15.0 Å². The van der Waals surface area contributed by atoms with E-state index in [0.717, 1.165) is 11.1 Å². The molecule has 0 spiro atoms. The number of unbranched alkanes of at least 4 members (excludes halogenated alkanes) is 2. The number of carbonyl (C=O) groups is 2. The largest absolute Gasteiger partial charge is 0.423 e. The molecule has 2 aromatic rings. The van der Waals surface area contributed by atoms with E-state index in [1.807, 2.05) is 24.3 Å². The van der Waals surface area contributed by atoms with Gasteiger partial charge in [0.2, 0.25) is 0 Å². The van der Waals surface area contributed by atoms with Gasteiger partial charge in [0.15, 0.2) is 0 Å². The second-order valence-corrected chi connectivity index (χ2v) is 9.02. The molecule has 0 aliphatic heterocycles. The molecule has 0 radical (unpaired) electrons. The van der Waals surface area contributed by atoms with Crippen LogP contribution in [0.25, 0.3) is 0 Å². The molecule has 2 aromatic carbocycles. The first-order valence-electron chi connectivity index (χ1n) is 11.9. The molecule has 2 N–H and O–H groups in total. The molecule has 2 rings (SSSR count). The summed E-state index contributed by atoms with van der Waals surface area (Å²) in [5.74, 6) is -0.0361. The van der Waals surface area contributed by atoms with Crippen molar-refractivity contribution < 1.29 is 29.3 Å². The quantitative estimate of drug-likeness (QED) is 0.166. The van der Waals surface area contributed by atoms with Crippen LogP contribution in [0.2, 0.25) is 0 Å². The average Bonchev–Trinajstić information content (AvgIpc) is 2.84. The maximum absolute atomic E-state index is 12.2. The lowest BCUT2D eigenvalue weighted by atomic mass is 9.78. The Hall–Kier alpha value is -3.22. The van der Waals surface area contributed by atoms with Crippen molar-refractivity contribution in [3.05, 3.63) is 84.0 Å². The summed E-state index contributed by atoms with van der Waals surface area (Å²) in [5, 5.41) is 17.7. The maximum Gasteiger partial charge on any atom is 0.338 e. The summed E-state index contributed by atoms with van der Waals surface area (Å²) in [7, 11) is 0. The van der Waals surface area contributed by atoms with Crippen LogP contribution in [-0.4, -0.2) is 35.4 Å². The monoisotopic (exact) mass is 480 g/mol. The van der Waals surface area contributed by atoms with Gasteiger partial charge >= 0.3 is 11.9 Å². The Balaban J connectivity index is 1.99. The predicted molar refractivity (Wildman–Crippen MR) is 136 cm³/mol. The molecule has 0 fully saturated rings. The smallest absolute Gasteiger partial charge is 0.338 e. The van der Waals surface area contributed by atoms with E-state index in [9.17, 15) is 9.59 Å². The number of aliphatic hydroxyl groups excluding tert-OH is 2. The van der Waals surface area contributed by atoms with Crippen LogP contribution in [0.15, 0.2) is 72.8 Å². The molecule has 6 heteroatoms. The first kappa shape index (κ1) is 28.0. The van der Waals surface area contributed by atoms with Gasteiger partial charge in [-0.3, -0.25) is 0 Å². The summed E-state index contributed by atoms with van der Waals surface area (Å²) < 4.78 is 10.8. The first-order chi connectivity index (χ1) is 16.7. The predicted octanol–water partition coefficient (Wildman–Crippen LogP) is 5.26. The van der Waals surface area contributed by atoms with Gasteiger partial charge in [-0.2, -0.15) is 0 Å². The first-order valence-corrected chi connectivity index (χ1v) is 11.9. The van der Waals surface area contributed by atoms with Gasteiger partial charge < -0.3 is 19.7 Å². The number of aliphatic hydroxyl groups is 2. The average molecular weight is 481 g/mol. The van der Waals surface area contributed by atoms with Crippen LogP contribution in [0.1, 0.15) is 63.5 Å². The van der Waals surface area contributed by atoms with Gasteiger partial charge in [-0.1, -0.05) is 51.3 Å². The molecular formula is C29H36O6. The highest BCUT2D eigenvalue weighted by Gasteiger charge is 2.23. The molecule has 35 heavy (non-hydrogen) atoms. The van der Waals surface area contributed by atoms with Crippen molar-refractivity contribution in [3.8, 4) is 11.5 Å². The molecule has 0 heterocycles. The van der Waals surface area contributed by atoms with E-state index >= 15 is 0 Å². The van der Waals surface area contributed by atoms with Crippen molar-refractivity contribution in [1.82, 2.24) is 0 Å². The van der Waals surface area contributed by atoms with Crippen LogP contribution in [0.4, 0.5) is 0 Å². The fraction of sp³-hybridized carbons (Fsp3) is 0.379. The van der Waals surface area contributed by atoms with Crippen molar-refractivity contribution in [2.45, 2.75) is 57.8 Å². The number of hydrogen-bond donors (Lipinski definition) is 2. The zero-order chi connectivity index (χ0) is 25.8. The van der Waals surface area contributed by atoms with Crippen molar-refractivity contribution in [1.29, 1.82) is 0 Å². The number of rotatable bonds is 14. The van der Waals surface area contributed by atoms with Gasteiger partial charge in [0.25, 0.3) is 0 Å². The summed E-state index contributed by atoms with van der Waals surface area (Å²) in [6.45, 7) is 11.9. The number of ether oxygens (including phenoxy) is 2. The normalized spacial score (nSPS) is 11.1. The minimum atomic E-state index is -0.462. The SMILES string of the molecule is C=C(CCCCO)C(=O)Oc1ccc(C(C)(C)c2ccc(OC(=O)C(=C)CCCCO)cc2)cc1. The second kappa shape index (κ2) is 13.6. The number of benzene rings is 2. The topological polar surface area (TPSA) is 93.1 Å². The summed E-state index contributed by atoms with van der Waals surface area (Å²) in [6.07, 6.45) is 3.62. The highest BCUT2D eigenvalue weighted by atomic mass is 16.5. The van der Waals surface area contributed by atoms with Crippen LogP contribution < -0.4 is 9.47 Å². The Labute approximate surface area is 207 Å². The number of esters is 2. The molecule has 0 amide bonds. The van der Waals surface area contributed by atoms with Crippen LogP contribution >= 0.6 is 0 Å². The molecule has 0 bridgehead atoms. The van der Waals surface area contributed by atoms with Crippen LogP contribution in [0.5, 0.6) is 11.5 Å². The van der Waals surface area contributed by atoms with E-state index in [4.69, 9.17) is 19.7 Å². The van der Waals surface area contributed by atoms with E-state index in [1.165, 1.54) is 0 Å². The lowest BCUT2D eigenvalue weighted by Gasteiger charge is -2.26. The van der Waals surface area contributed by atoms with E-state index in [1.54, 1.807) is 24.3 Å². The molecule has 0 saturated heterocycles. The molecule has 188 valence electrons. The lowest BCUT2D eigenvalue weighted by Crippen LogP contribution is -2.19. The Kier molecular flexibility index (Phi) is 10.9. The van der Waals surface area contributed by atoms with Crippen LogP contribution in [0.3, 0.4) is 0 Å². The number of carbonyl (C=O) groups excluding carboxylic acids is 2. The molecule has 0 aliphatic rings. The minimum Gasteiger partial charge on any atom is -0.423 e. The summed E-state index contributed by atoms with van der Waals surface area (Å²) in [5.41, 5.74) is 2.49. The zero-order valence-corrected chi connectivity index (χ0v) is 20.7. The molecule has 6 nitrogen and oxygen atoms in total. The van der Waals surface area contributed by atoms with Gasteiger partial charge in [-0.25, -0.2) is 9.59 Å². The van der Waals surface area contributed by atoms with Gasteiger partial charge in [0, 0.05) is 29.8 Å². The Morgan fingerprint density at radius 2 is 1.03 bits per heavy atom. The Morgan fingerprint density at radius 3 is 1.34 bits per heavy atom. The van der Waals surface area contributed by atoms with Gasteiger partial charge in [-0.05, 0) is 73.9 Å². The minimum absolute atomic E-state index is 0.0926. The van der Waals surface area contributed by atoms with Gasteiger partial charge in [0.05, 0.1) is 0 Å². The number of hydrogen-bond acceptors (Lipinski definition) is 6. The van der Waals surface area contributed by atoms with E-state index < -0.39 is 11.9 Å². The van der Waals surface area contributed by atoms with Crippen LogP contribution in [0, 0.1) is 0 Å². The molecule has 0 saturated carbocycles. The summed E-state index contributed by atoms with van der Waals surface area (Å²) in [6, 6.07) is 14.7. The molecule has 0 aliphatic carbocycles. The van der Waals surface area contributed by atoms with Crippen molar-refractivity contribution in [3.63, 3.8) is 0 Å². The molecule has 0 unspecified atom stereocenters. The Morgan fingerprint density at radius 1 is 0.686 bits per heavy atom. The highest BCUT2D eigenvalue weighted by molar-refractivity contribution is 5.89. The lowest BCUT2D eigenvalue weighted by molar-refractivity contribution is -0.131. The molecule has 0 atom stereocenters. The second-order valence-electron chi connectivity index (χ2n) is 9.02. The fourth-order valence-corrected chi connectivity index (χ4v) is 3.51. The van der Waals surface area contributed by atoms with Gasteiger partial charge in [0.1, 0.15) is 11.5 Å². The van der Waals surface area contributed by atoms with Gasteiger partial charge in [-0.15, -0.1) is 0 Å². The molecular weight excluding hydrogens is 444 g/mol. The maximum atomic E-state index is 12.2. The third-order valence-corrected chi connectivity index (χ3v) is 5.92. The summed E-state index contributed by atoms with van der Waals surface area (Å²) >= 11 is 0. The summed E-state index contributed by atoms with van der Waals surface area (Å²) in [4.78, 5) is 24.4. The molecule has 0 aromatic heterocycles. The third-order valence-electron chi connectivity index (χ3n) is 5.92. The van der Waals surface area contributed by atoms with Crippen molar-refractivity contribution >= 4 is 11.9 Å². The third kappa shape index (κ3) is 8.50. The zero-order valence-electron chi connectivity index (χ0n) is 20.7. The standard InChI is InChI=1S/C29H36O6/c1-21(9-5-7-19-30)27(32)34-25-15-11-23(12-16-25)29(3,4)24-13-17-26(18-14-24)35-28(33)22(2)10-6-8-20-31/h11-18,30-31H,1-2,5-10,19-20H2,3-4H3. The highest BCUT2D eigenvalue weighted by Crippen LogP contribution is 2.33. The fourth-order valence-electron chi connectivity index (χ4n) is 3.51.